The minimum atomic E-state index is -4.62. The number of rotatable bonds is 7. The Kier molecular flexibility index (Phi) is 6.30. The molecule has 0 atom stereocenters. The molecule has 4 rings (SSSR count). The first-order chi connectivity index (χ1) is 16.2. The van der Waals surface area contributed by atoms with Gasteiger partial charge in [-0.3, -0.25) is 4.79 Å². The average molecular weight is 473 g/mol. The van der Waals surface area contributed by atoms with Crippen molar-refractivity contribution in [1.29, 1.82) is 0 Å². The topological polar surface area (TPSA) is 85.7 Å². The van der Waals surface area contributed by atoms with Crippen LogP contribution in [0, 0.1) is 5.82 Å². The molecule has 0 bridgehead atoms. The number of carbonyl (C=O) groups is 1. The summed E-state index contributed by atoms with van der Waals surface area (Å²) in [5, 5.41) is 9.74. The third-order valence-corrected chi connectivity index (χ3v) is 5.33. The summed E-state index contributed by atoms with van der Waals surface area (Å²) in [5.41, 5.74) is 6.74. The fraction of sp³-hybridized carbons (Fsp3) is 0.160. The third-order valence-electron chi connectivity index (χ3n) is 5.33. The molecule has 0 spiro atoms. The highest BCUT2D eigenvalue weighted by Crippen LogP contribution is 2.36. The summed E-state index contributed by atoms with van der Waals surface area (Å²) in [4.78, 5) is 11.1. The molecule has 3 aromatic carbocycles. The monoisotopic (exact) mass is 473 g/mol. The predicted molar refractivity (Wildman–Crippen MR) is 117 cm³/mol. The lowest BCUT2D eigenvalue weighted by Crippen LogP contribution is -2.09. The van der Waals surface area contributed by atoms with E-state index in [9.17, 15) is 22.4 Å². The van der Waals surface area contributed by atoms with Crippen LogP contribution in [0.2, 0.25) is 0 Å². The lowest BCUT2D eigenvalue weighted by molar-refractivity contribution is -0.137. The Morgan fingerprint density at radius 3 is 2.53 bits per heavy atom. The molecule has 0 unspecified atom stereocenters. The second-order valence-corrected chi connectivity index (χ2v) is 7.64. The van der Waals surface area contributed by atoms with Crippen LogP contribution in [-0.4, -0.2) is 11.1 Å². The second kappa shape index (κ2) is 9.18. The van der Waals surface area contributed by atoms with E-state index in [2.05, 4.69) is 0 Å². The Balaban J connectivity index is 1.73. The zero-order valence-corrected chi connectivity index (χ0v) is 17.7. The van der Waals surface area contributed by atoms with Gasteiger partial charge in [0.25, 0.3) is 0 Å². The average Bonchev–Trinajstić information content (AvgIpc) is 3.26. The van der Waals surface area contributed by atoms with Crippen LogP contribution in [0.5, 0.6) is 5.75 Å². The number of furan rings is 1. The summed E-state index contributed by atoms with van der Waals surface area (Å²) in [5.74, 6) is -1.90. The molecule has 0 radical (unpaired) electrons. The number of ether oxygens (including phenoxy) is 1. The largest absolute Gasteiger partial charge is 0.489 e. The molecule has 0 fully saturated rings. The summed E-state index contributed by atoms with van der Waals surface area (Å²) < 4.78 is 65.7. The predicted octanol–water partition coefficient (Wildman–Crippen LogP) is 5.92. The summed E-state index contributed by atoms with van der Waals surface area (Å²) in [7, 11) is 0. The van der Waals surface area contributed by atoms with Crippen LogP contribution in [0.4, 0.5) is 17.6 Å². The molecular formula is C25H19F4NO4. The number of hydrogen-bond acceptors (Lipinski definition) is 4. The molecule has 9 heteroatoms. The fourth-order valence-corrected chi connectivity index (χ4v) is 3.71. The molecule has 1 heterocycles. The number of fused-ring (bicyclic) bond motifs is 1. The van der Waals surface area contributed by atoms with Gasteiger partial charge in [-0.15, -0.1) is 0 Å². The smallest absolute Gasteiger partial charge is 0.416 e. The number of nitrogens with two attached hydrogens (primary N) is 1. The van der Waals surface area contributed by atoms with Gasteiger partial charge in [-0.2, -0.15) is 13.2 Å². The van der Waals surface area contributed by atoms with Gasteiger partial charge in [0.15, 0.2) is 0 Å². The highest BCUT2D eigenvalue weighted by Gasteiger charge is 2.31. The first-order valence-corrected chi connectivity index (χ1v) is 10.2. The van der Waals surface area contributed by atoms with Crippen LogP contribution in [0.1, 0.15) is 22.3 Å². The molecule has 0 aliphatic rings. The Hall–Kier alpha value is -3.85. The van der Waals surface area contributed by atoms with Gasteiger partial charge in [0.2, 0.25) is 0 Å². The summed E-state index contributed by atoms with van der Waals surface area (Å²) in [6, 6.07) is 12.5. The van der Waals surface area contributed by atoms with Gasteiger partial charge < -0.3 is 20.0 Å². The summed E-state index contributed by atoms with van der Waals surface area (Å²) >= 11 is 0. The van der Waals surface area contributed by atoms with Crippen LogP contribution in [0.25, 0.3) is 22.1 Å². The molecule has 1 aromatic heterocycles. The van der Waals surface area contributed by atoms with E-state index in [1.54, 1.807) is 36.4 Å². The zero-order chi connectivity index (χ0) is 24.5. The van der Waals surface area contributed by atoms with Crippen molar-refractivity contribution in [1.82, 2.24) is 0 Å². The third kappa shape index (κ3) is 4.74. The van der Waals surface area contributed by atoms with Crippen LogP contribution < -0.4 is 10.5 Å². The highest BCUT2D eigenvalue weighted by atomic mass is 19.4. The number of carboxylic acids is 1. The van der Waals surface area contributed by atoms with Crippen LogP contribution in [0.3, 0.4) is 0 Å². The Bertz CT molecular complexity index is 1360. The van der Waals surface area contributed by atoms with Gasteiger partial charge >= 0.3 is 12.1 Å². The van der Waals surface area contributed by atoms with Crippen molar-refractivity contribution in [3.63, 3.8) is 0 Å². The van der Waals surface area contributed by atoms with Crippen molar-refractivity contribution in [2.75, 3.05) is 0 Å². The lowest BCUT2D eigenvalue weighted by atomic mass is 9.98. The number of alkyl halides is 3. The first kappa shape index (κ1) is 23.3. The van der Waals surface area contributed by atoms with Gasteiger partial charge in [0, 0.05) is 34.2 Å². The Labute approximate surface area is 191 Å². The molecule has 0 aliphatic heterocycles. The lowest BCUT2D eigenvalue weighted by Gasteiger charge is -2.15. The summed E-state index contributed by atoms with van der Waals surface area (Å²) in [6.07, 6.45) is -3.67. The Morgan fingerprint density at radius 1 is 1.03 bits per heavy atom. The maximum Gasteiger partial charge on any atom is 0.416 e. The molecule has 4 aromatic rings. The van der Waals surface area contributed by atoms with Gasteiger partial charge in [0.1, 0.15) is 23.8 Å². The molecule has 5 nitrogen and oxygen atoms in total. The highest BCUT2D eigenvalue weighted by molar-refractivity contribution is 5.93. The molecule has 0 saturated carbocycles. The zero-order valence-electron chi connectivity index (χ0n) is 17.7. The van der Waals surface area contributed by atoms with Crippen molar-refractivity contribution in [2.24, 2.45) is 5.73 Å². The van der Waals surface area contributed by atoms with E-state index in [4.69, 9.17) is 20.0 Å². The van der Waals surface area contributed by atoms with Crippen molar-refractivity contribution < 1.29 is 36.6 Å². The molecule has 176 valence electrons. The minimum absolute atomic E-state index is 0.00563. The minimum Gasteiger partial charge on any atom is -0.489 e. The number of aliphatic carboxylic acids is 1. The molecule has 0 amide bonds. The first-order valence-electron chi connectivity index (χ1n) is 10.2. The van der Waals surface area contributed by atoms with Gasteiger partial charge in [-0.1, -0.05) is 24.3 Å². The SMILES string of the molecule is NCc1cccc(-c2cc(COc3cc(C(F)(F)F)ccc3CC(=O)O)cc3ccoc23)c1F. The number of hydrogen-bond donors (Lipinski definition) is 2. The number of carboxylic acid groups (broad SMARTS) is 1. The normalized spacial score (nSPS) is 11.7. The maximum absolute atomic E-state index is 15.0. The van der Waals surface area contributed by atoms with Crippen molar-refractivity contribution >= 4 is 16.9 Å². The van der Waals surface area contributed by atoms with Crippen molar-refractivity contribution in [3.8, 4) is 16.9 Å². The van der Waals surface area contributed by atoms with E-state index in [-0.39, 0.29) is 30.0 Å². The van der Waals surface area contributed by atoms with Gasteiger partial charge in [-0.25, -0.2) is 4.39 Å². The molecular weight excluding hydrogens is 454 g/mol. The standard InChI is InChI=1S/C25H19F4NO4/c26-23-17(12-30)2-1-3-19(23)20-9-14(8-16-6-7-33-24(16)20)13-34-21-11-18(25(27,28)29)5-4-15(21)10-22(31)32/h1-9,11H,10,12-13,30H2,(H,31,32). The molecule has 0 aliphatic carbocycles. The quantitative estimate of drug-likeness (QED) is 0.325. The van der Waals surface area contributed by atoms with Gasteiger partial charge in [-0.05, 0) is 35.9 Å². The van der Waals surface area contributed by atoms with E-state index in [0.29, 0.717) is 27.7 Å². The van der Waals surface area contributed by atoms with Crippen LogP contribution >= 0.6 is 0 Å². The van der Waals surface area contributed by atoms with E-state index in [1.165, 1.54) is 6.26 Å². The van der Waals surface area contributed by atoms with Gasteiger partial charge in [0.05, 0.1) is 18.2 Å². The van der Waals surface area contributed by atoms with Crippen LogP contribution in [-0.2, 0) is 30.5 Å². The second-order valence-electron chi connectivity index (χ2n) is 7.64. The summed E-state index contributed by atoms with van der Waals surface area (Å²) in [6.45, 7) is -0.175. The fourth-order valence-electron chi connectivity index (χ4n) is 3.71. The Morgan fingerprint density at radius 2 is 1.82 bits per heavy atom. The van der Waals surface area contributed by atoms with E-state index in [0.717, 1.165) is 18.2 Å². The van der Waals surface area contributed by atoms with E-state index >= 15 is 0 Å². The molecule has 0 saturated heterocycles. The van der Waals surface area contributed by atoms with Crippen molar-refractivity contribution in [3.05, 3.63) is 88.9 Å². The van der Waals surface area contributed by atoms with E-state index in [1.807, 2.05) is 0 Å². The molecule has 34 heavy (non-hydrogen) atoms. The van der Waals surface area contributed by atoms with Crippen molar-refractivity contribution in [2.45, 2.75) is 25.7 Å². The number of halogens is 4. The van der Waals surface area contributed by atoms with Crippen LogP contribution in [0.15, 0.2) is 65.3 Å². The van der Waals surface area contributed by atoms with E-state index < -0.39 is 29.9 Å². The number of benzene rings is 3. The maximum atomic E-state index is 15.0. The molecule has 3 N–H and O–H groups in total.